The molecule has 1 aliphatic heterocycles. The molecular formula is C29H19IN2O3S2. The number of fused-ring (bicyclic) bond motifs is 1. The number of ether oxygens (including phenoxy) is 2. The summed E-state index contributed by atoms with van der Waals surface area (Å²) in [6, 6.07) is 27.1. The van der Waals surface area contributed by atoms with E-state index in [4.69, 9.17) is 21.7 Å². The molecule has 4 aromatic carbocycles. The Kier molecular flexibility index (Phi) is 7.46. The molecule has 1 aliphatic rings. The molecule has 1 heterocycles. The van der Waals surface area contributed by atoms with Crippen molar-refractivity contribution >= 4 is 79.3 Å². The first-order chi connectivity index (χ1) is 18.0. The molecule has 4 aromatic rings. The highest BCUT2D eigenvalue weighted by Crippen LogP contribution is 2.40. The molecule has 0 atom stereocenters. The zero-order chi connectivity index (χ0) is 25.9. The highest BCUT2D eigenvalue weighted by molar-refractivity contribution is 14.1. The lowest BCUT2D eigenvalue weighted by atomic mass is 10.1. The third-order valence-electron chi connectivity index (χ3n) is 5.86. The van der Waals surface area contributed by atoms with Gasteiger partial charge in [0.25, 0.3) is 5.91 Å². The van der Waals surface area contributed by atoms with Gasteiger partial charge < -0.3 is 9.47 Å². The van der Waals surface area contributed by atoms with Gasteiger partial charge in [0.1, 0.15) is 6.61 Å². The summed E-state index contributed by atoms with van der Waals surface area (Å²) in [5, 5.41) is 11.4. The number of nitrogens with zero attached hydrogens (tertiary/aromatic N) is 2. The quantitative estimate of drug-likeness (QED) is 0.126. The average molecular weight is 635 g/mol. The predicted molar refractivity (Wildman–Crippen MR) is 161 cm³/mol. The maximum atomic E-state index is 13.5. The summed E-state index contributed by atoms with van der Waals surface area (Å²) in [5.74, 6) is 0.960. The summed E-state index contributed by atoms with van der Waals surface area (Å²) in [4.78, 5) is 15.6. The molecular weight excluding hydrogens is 615 g/mol. The normalized spacial score (nSPS) is 14.3. The number of carbonyl (C=O) groups is 1. The van der Waals surface area contributed by atoms with Crippen molar-refractivity contribution in [3.05, 3.63) is 104 Å². The van der Waals surface area contributed by atoms with Gasteiger partial charge in [-0.25, -0.2) is 0 Å². The Morgan fingerprint density at radius 1 is 1.08 bits per heavy atom. The molecule has 5 nitrogen and oxygen atoms in total. The van der Waals surface area contributed by atoms with Crippen molar-refractivity contribution in [1.82, 2.24) is 0 Å². The van der Waals surface area contributed by atoms with Gasteiger partial charge in [0.2, 0.25) is 0 Å². The summed E-state index contributed by atoms with van der Waals surface area (Å²) < 4.78 is 13.0. The van der Waals surface area contributed by atoms with Crippen LogP contribution in [0.3, 0.4) is 0 Å². The molecule has 0 N–H and O–H groups in total. The van der Waals surface area contributed by atoms with Gasteiger partial charge in [-0.3, -0.25) is 9.69 Å². The number of halogens is 1. The Bertz CT molecular complexity index is 1620. The fraction of sp³-hybridized carbons (Fsp3) is 0.0690. The molecule has 182 valence electrons. The Morgan fingerprint density at radius 3 is 2.65 bits per heavy atom. The van der Waals surface area contributed by atoms with Crippen molar-refractivity contribution in [3.8, 4) is 17.6 Å². The van der Waals surface area contributed by atoms with E-state index in [1.54, 1.807) is 18.1 Å². The molecule has 8 heteroatoms. The fourth-order valence-electron chi connectivity index (χ4n) is 4.10. The lowest BCUT2D eigenvalue weighted by Gasteiger charge is -2.17. The second-order valence-electron chi connectivity index (χ2n) is 8.11. The summed E-state index contributed by atoms with van der Waals surface area (Å²) in [6.45, 7) is 0.235. The maximum absolute atomic E-state index is 13.5. The Balaban J connectivity index is 1.43. The number of thiocarbonyl (C=S) groups is 1. The number of methoxy groups -OCH3 is 1. The number of nitriles is 1. The van der Waals surface area contributed by atoms with Crippen molar-refractivity contribution in [3.63, 3.8) is 0 Å². The van der Waals surface area contributed by atoms with E-state index in [9.17, 15) is 10.1 Å². The Hall–Kier alpha value is -3.39. The number of thioether (sulfide) groups is 1. The number of rotatable bonds is 6. The van der Waals surface area contributed by atoms with Crippen LogP contribution in [0.15, 0.2) is 83.8 Å². The number of carbonyl (C=O) groups excluding carboxylic acids is 1. The lowest BCUT2D eigenvalue weighted by molar-refractivity contribution is -0.113. The van der Waals surface area contributed by atoms with Crippen LogP contribution in [-0.2, 0) is 11.4 Å². The summed E-state index contributed by atoms with van der Waals surface area (Å²) in [7, 11) is 1.57. The lowest BCUT2D eigenvalue weighted by Crippen LogP contribution is -2.27. The minimum absolute atomic E-state index is 0.159. The second kappa shape index (κ2) is 10.9. The predicted octanol–water partition coefficient (Wildman–Crippen LogP) is 7.31. The Labute approximate surface area is 237 Å². The van der Waals surface area contributed by atoms with E-state index in [0.29, 0.717) is 26.3 Å². The topological polar surface area (TPSA) is 62.6 Å². The van der Waals surface area contributed by atoms with E-state index in [1.165, 1.54) is 11.8 Å². The van der Waals surface area contributed by atoms with E-state index in [0.717, 1.165) is 31.2 Å². The maximum Gasteiger partial charge on any atom is 0.270 e. The van der Waals surface area contributed by atoms with Crippen LogP contribution in [0.25, 0.3) is 16.8 Å². The third-order valence-corrected chi connectivity index (χ3v) is 7.96. The van der Waals surface area contributed by atoms with Crippen LogP contribution in [0.5, 0.6) is 11.5 Å². The van der Waals surface area contributed by atoms with Gasteiger partial charge in [0.15, 0.2) is 15.8 Å². The number of hydrogen-bond acceptors (Lipinski definition) is 6. The number of amides is 1. The molecule has 0 unspecified atom stereocenters. The summed E-state index contributed by atoms with van der Waals surface area (Å²) in [5.41, 5.74) is 2.94. The average Bonchev–Trinajstić information content (AvgIpc) is 3.19. The van der Waals surface area contributed by atoms with E-state index in [1.807, 2.05) is 78.9 Å². The van der Waals surface area contributed by atoms with Gasteiger partial charge in [-0.05, 0) is 63.9 Å². The first-order valence-corrected chi connectivity index (χ1v) is 13.5. The minimum atomic E-state index is -0.159. The fourth-order valence-corrected chi connectivity index (χ4v) is 6.16. The SMILES string of the molecule is COc1cc(/C=C2\SC(=S)N(c3cccc4ccccc34)C2=O)cc(I)c1OCc1ccccc1C#N. The standard InChI is InChI=1S/C29H19IN2O3S2/c1-34-25-14-18(13-23(30)27(25)35-17-21-9-3-2-8-20(21)16-31)15-26-28(33)32(29(36)37-26)24-12-6-10-19-7-4-5-11-22(19)24/h2-15H,17H2,1H3/b26-15-. The number of anilines is 1. The van der Waals surface area contributed by atoms with Gasteiger partial charge in [0.05, 0.1) is 32.9 Å². The minimum Gasteiger partial charge on any atom is -0.493 e. The number of benzene rings is 4. The molecule has 5 rings (SSSR count). The molecule has 1 amide bonds. The largest absolute Gasteiger partial charge is 0.493 e. The highest BCUT2D eigenvalue weighted by Gasteiger charge is 2.34. The van der Waals surface area contributed by atoms with Crippen LogP contribution in [0, 0.1) is 14.9 Å². The first-order valence-electron chi connectivity index (χ1n) is 11.2. The van der Waals surface area contributed by atoms with Crippen molar-refractivity contribution in [2.75, 3.05) is 12.0 Å². The Morgan fingerprint density at radius 2 is 1.84 bits per heavy atom. The van der Waals surface area contributed by atoms with Gasteiger partial charge in [0, 0.05) is 10.9 Å². The van der Waals surface area contributed by atoms with E-state index in [-0.39, 0.29) is 12.5 Å². The highest BCUT2D eigenvalue weighted by atomic mass is 127. The van der Waals surface area contributed by atoms with Gasteiger partial charge >= 0.3 is 0 Å². The van der Waals surface area contributed by atoms with Crippen molar-refractivity contribution in [2.24, 2.45) is 0 Å². The van der Waals surface area contributed by atoms with Crippen LogP contribution in [0.2, 0.25) is 0 Å². The molecule has 1 fully saturated rings. The van der Waals surface area contributed by atoms with Gasteiger partial charge in [-0.1, -0.05) is 78.6 Å². The molecule has 1 saturated heterocycles. The van der Waals surface area contributed by atoms with E-state index < -0.39 is 0 Å². The summed E-state index contributed by atoms with van der Waals surface area (Å²) >= 11 is 9.08. The van der Waals surface area contributed by atoms with E-state index in [2.05, 4.69) is 28.7 Å². The zero-order valence-electron chi connectivity index (χ0n) is 19.6. The third kappa shape index (κ3) is 5.07. The number of hydrogen-bond donors (Lipinski definition) is 0. The molecule has 0 aromatic heterocycles. The van der Waals surface area contributed by atoms with Crippen LogP contribution in [-0.4, -0.2) is 17.3 Å². The summed E-state index contributed by atoms with van der Waals surface area (Å²) in [6.07, 6.45) is 1.82. The van der Waals surface area contributed by atoms with Crippen molar-refractivity contribution in [2.45, 2.75) is 6.61 Å². The molecule has 0 saturated carbocycles. The molecule has 0 aliphatic carbocycles. The van der Waals surface area contributed by atoms with Crippen molar-refractivity contribution < 1.29 is 14.3 Å². The van der Waals surface area contributed by atoms with Gasteiger partial charge in [-0.2, -0.15) is 5.26 Å². The van der Waals surface area contributed by atoms with Crippen LogP contribution in [0.1, 0.15) is 16.7 Å². The monoisotopic (exact) mass is 634 g/mol. The molecule has 37 heavy (non-hydrogen) atoms. The first kappa shape index (κ1) is 25.3. The van der Waals surface area contributed by atoms with Gasteiger partial charge in [-0.15, -0.1) is 0 Å². The molecule has 0 spiro atoms. The zero-order valence-corrected chi connectivity index (χ0v) is 23.4. The second-order valence-corrected chi connectivity index (χ2v) is 10.9. The molecule has 0 radical (unpaired) electrons. The van der Waals surface area contributed by atoms with Crippen LogP contribution < -0.4 is 14.4 Å². The smallest absolute Gasteiger partial charge is 0.270 e. The van der Waals surface area contributed by atoms with Crippen LogP contribution in [0.4, 0.5) is 5.69 Å². The van der Waals surface area contributed by atoms with Crippen molar-refractivity contribution in [1.29, 1.82) is 5.26 Å². The molecule has 0 bridgehead atoms. The van der Waals surface area contributed by atoms with Crippen LogP contribution >= 0.6 is 46.6 Å². The van der Waals surface area contributed by atoms with E-state index >= 15 is 0 Å².